The number of hydrogen-bond donors (Lipinski definition) is 4. The van der Waals surface area contributed by atoms with Crippen molar-refractivity contribution in [2.24, 2.45) is 0 Å². The number of nitrogens with zero attached hydrogens (tertiary/aromatic N) is 2. The molecule has 0 saturated carbocycles. The maximum absolute atomic E-state index is 13.9. The van der Waals surface area contributed by atoms with Gasteiger partial charge in [-0.25, -0.2) is 26.3 Å². The normalized spacial score (nSPS) is 11.1. The lowest BCUT2D eigenvalue weighted by Gasteiger charge is -2.09. The molecule has 2 heterocycles. The molecule has 52 heavy (non-hydrogen) atoms. The van der Waals surface area contributed by atoms with Gasteiger partial charge in [-0.05, 0) is 47.5 Å². The van der Waals surface area contributed by atoms with Crippen LogP contribution in [0.1, 0.15) is 0 Å². The van der Waals surface area contributed by atoms with Crippen LogP contribution < -0.4 is 10.6 Å². The molecule has 0 unspecified atom stereocenters. The minimum Gasteiger partial charge on any atom is -0.338 e. The summed E-state index contributed by atoms with van der Waals surface area (Å²) in [5.74, 6) is -7.40. The molecule has 4 N–H and O–H groups in total. The quantitative estimate of drug-likeness (QED) is 0.101. The zero-order chi connectivity index (χ0) is 36.5. The van der Waals surface area contributed by atoms with E-state index in [4.69, 9.17) is 23.2 Å². The number of rotatable bonds is 6. The first-order valence-electron chi connectivity index (χ1n) is 15.4. The van der Waals surface area contributed by atoms with Gasteiger partial charge in [0.1, 0.15) is 5.69 Å². The first-order chi connectivity index (χ1) is 25.1. The number of aromatic amines is 2. The second kappa shape index (κ2) is 14.3. The Bertz CT molecular complexity index is 2550. The molecule has 0 aliphatic rings. The van der Waals surface area contributed by atoms with E-state index in [1.54, 1.807) is 18.2 Å². The van der Waals surface area contributed by atoms with Gasteiger partial charge in [-0.2, -0.15) is 10.2 Å². The third-order valence-electron chi connectivity index (χ3n) is 8.01. The van der Waals surface area contributed by atoms with Crippen LogP contribution in [0.4, 0.5) is 49.4 Å². The van der Waals surface area contributed by atoms with Crippen molar-refractivity contribution in [3.05, 3.63) is 154 Å². The van der Waals surface area contributed by atoms with Crippen LogP contribution in [0.25, 0.3) is 44.1 Å². The Morgan fingerprint density at radius 3 is 1.44 bits per heavy atom. The van der Waals surface area contributed by atoms with Gasteiger partial charge < -0.3 is 10.6 Å². The van der Waals surface area contributed by atoms with Crippen molar-refractivity contribution in [3.63, 3.8) is 0 Å². The van der Waals surface area contributed by atoms with E-state index in [2.05, 4.69) is 31.0 Å². The summed E-state index contributed by atoms with van der Waals surface area (Å²) in [6.45, 7) is 0. The summed E-state index contributed by atoms with van der Waals surface area (Å²) in [7, 11) is 0. The zero-order valence-corrected chi connectivity index (χ0v) is 27.8. The molecular weight excluding hydrogens is 725 g/mol. The van der Waals surface area contributed by atoms with Gasteiger partial charge in [-0.3, -0.25) is 10.2 Å². The van der Waals surface area contributed by atoms with Crippen molar-refractivity contribution in [1.82, 2.24) is 20.4 Å². The van der Waals surface area contributed by atoms with Gasteiger partial charge in [0.05, 0.1) is 21.1 Å². The third-order valence-corrected chi connectivity index (χ3v) is 8.63. The summed E-state index contributed by atoms with van der Waals surface area (Å²) < 4.78 is 81.2. The fourth-order valence-electron chi connectivity index (χ4n) is 5.46. The van der Waals surface area contributed by atoms with Gasteiger partial charge in [0.15, 0.2) is 46.5 Å². The highest BCUT2D eigenvalue weighted by Gasteiger charge is 2.21. The number of anilines is 4. The van der Waals surface area contributed by atoms with Crippen molar-refractivity contribution in [3.8, 4) is 22.3 Å². The second-order valence-electron chi connectivity index (χ2n) is 11.4. The molecule has 0 fully saturated rings. The number of nitrogens with one attached hydrogen (secondary N) is 4. The van der Waals surface area contributed by atoms with E-state index in [1.165, 1.54) is 6.07 Å². The minimum atomic E-state index is -1.54. The van der Waals surface area contributed by atoms with Gasteiger partial charge in [-0.1, -0.05) is 83.9 Å². The first kappa shape index (κ1) is 34.5. The van der Waals surface area contributed by atoms with Crippen molar-refractivity contribution in [1.29, 1.82) is 0 Å². The summed E-state index contributed by atoms with van der Waals surface area (Å²) in [6, 6.07) is 29.7. The number of halogens is 8. The molecule has 0 bridgehead atoms. The Balaban J connectivity index is 0.000000162. The second-order valence-corrected chi connectivity index (χ2v) is 12.2. The van der Waals surface area contributed by atoms with E-state index in [1.807, 2.05) is 66.7 Å². The number of aromatic nitrogens is 4. The van der Waals surface area contributed by atoms with Crippen molar-refractivity contribution in [2.45, 2.75) is 0 Å². The fourth-order valence-corrected chi connectivity index (χ4v) is 6.00. The van der Waals surface area contributed by atoms with Crippen LogP contribution in [0.3, 0.4) is 0 Å². The van der Waals surface area contributed by atoms with Crippen molar-refractivity contribution in [2.75, 3.05) is 10.6 Å². The maximum atomic E-state index is 13.9. The molecule has 0 atom stereocenters. The van der Waals surface area contributed by atoms with E-state index in [-0.39, 0.29) is 11.9 Å². The number of H-pyrrole nitrogens is 2. The average Bonchev–Trinajstić information content (AvgIpc) is 3.73. The van der Waals surface area contributed by atoms with Crippen LogP contribution in [-0.2, 0) is 0 Å². The summed E-state index contributed by atoms with van der Waals surface area (Å²) in [5, 5.41) is 21.3. The predicted octanol–water partition coefficient (Wildman–Crippen LogP) is 12.1. The van der Waals surface area contributed by atoms with Crippen LogP contribution >= 0.6 is 23.2 Å². The molecule has 0 radical (unpaired) electrons. The van der Waals surface area contributed by atoms with Crippen LogP contribution in [-0.4, -0.2) is 20.4 Å². The van der Waals surface area contributed by atoms with Gasteiger partial charge in [-0.15, -0.1) is 0 Å². The summed E-state index contributed by atoms with van der Waals surface area (Å²) in [6.07, 6.45) is 0. The van der Waals surface area contributed by atoms with Gasteiger partial charge >= 0.3 is 0 Å². The number of fused-ring (bicyclic) bond motifs is 2. The monoisotopic (exact) mass is 746 g/mol. The molecule has 0 saturated heterocycles. The zero-order valence-electron chi connectivity index (χ0n) is 26.3. The maximum Gasteiger partial charge on any atom is 0.185 e. The van der Waals surface area contributed by atoms with Gasteiger partial charge in [0.2, 0.25) is 0 Å². The summed E-state index contributed by atoms with van der Waals surface area (Å²) >= 11 is 12.7. The molecule has 2 aromatic heterocycles. The van der Waals surface area contributed by atoms with Crippen LogP contribution in [0.5, 0.6) is 0 Å². The lowest BCUT2D eigenvalue weighted by Crippen LogP contribution is -2.03. The largest absolute Gasteiger partial charge is 0.338 e. The predicted molar refractivity (Wildman–Crippen MR) is 192 cm³/mol. The fraction of sp³-hybridized carbons (Fsp3) is 0. The SMILES string of the molecule is Fc1cc(F)c(F)c(Nc2n[nH]c3cc(Cl)c(-c4ccccc4)cc23)c1F.Fc1ccc(Nc2n[nH]c3cc(Cl)c(-c4ccccc4)cc23)cc1F. The molecule has 0 aliphatic carbocycles. The molecule has 260 valence electrons. The van der Waals surface area contributed by atoms with Crippen molar-refractivity contribution < 1.29 is 26.3 Å². The molecule has 0 aliphatic heterocycles. The molecule has 6 nitrogen and oxygen atoms in total. The standard InChI is InChI=1S/C19H10ClF4N3.C19H12ClF2N3/c20-12-7-15-11(6-10(12)9-4-2-1-3-5-9)19(27-26-15)25-18-16(23)13(21)8-14(22)17(18)24;20-15-10-18-14(9-13(15)11-4-2-1-3-5-11)19(25-24-18)23-12-6-7-16(21)17(22)8-12/h1-8H,(H2,25,26,27);1-10H,(H2,23,24,25). The Labute approximate surface area is 301 Å². The smallest absolute Gasteiger partial charge is 0.185 e. The Morgan fingerprint density at radius 2 is 0.962 bits per heavy atom. The first-order valence-corrected chi connectivity index (χ1v) is 16.1. The van der Waals surface area contributed by atoms with E-state index >= 15 is 0 Å². The van der Waals surface area contributed by atoms with E-state index in [9.17, 15) is 26.3 Å². The lowest BCUT2D eigenvalue weighted by molar-refractivity contribution is 0.459. The molecule has 0 amide bonds. The highest BCUT2D eigenvalue weighted by atomic mass is 35.5. The Morgan fingerprint density at radius 1 is 0.481 bits per heavy atom. The highest BCUT2D eigenvalue weighted by Crippen LogP contribution is 2.37. The topological polar surface area (TPSA) is 81.4 Å². The molecule has 8 rings (SSSR count). The molecular formula is C38H22Cl2F6N6. The summed E-state index contributed by atoms with van der Waals surface area (Å²) in [4.78, 5) is 0. The molecule has 6 aromatic carbocycles. The average molecular weight is 748 g/mol. The Hall–Kier alpha value is -5.98. The van der Waals surface area contributed by atoms with Gasteiger partial charge in [0, 0.05) is 39.7 Å². The molecule has 8 aromatic rings. The van der Waals surface area contributed by atoms with E-state index in [0.717, 1.165) is 39.7 Å². The van der Waals surface area contributed by atoms with Gasteiger partial charge in [0.25, 0.3) is 0 Å². The van der Waals surface area contributed by atoms with Crippen LogP contribution in [0, 0.1) is 34.9 Å². The Kier molecular flexibility index (Phi) is 9.50. The molecule has 0 spiro atoms. The number of hydrogen-bond acceptors (Lipinski definition) is 4. The summed E-state index contributed by atoms with van der Waals surface area (Å²) in [5.41, 5.74) is 4.01. The minimum absolute atomic E-state index is 0.00153. The molecule has 14 heteroatoms. The highest BCUT2D eigenvalue weighted by molar-refractivity contribution is 6.34. The third kappa shape index (κ3) is 6.85. The van der Waals surface area contributed by atoms with Crippen LogP contribution in [0.2, 0.25) is 10.0 Å². The lowest BCUT2D eigenvalue weighted by atomic mass is 10.0. The van der Waals surface area contributed by atoms with Crippen LogP contribution in [0.15, 0.2) is 109 Å². The van der Waals surface area contributed by atoms with E-state index in [0.29, 0.717) is 38.0 Å². The van der Waals surface area contributed by atoms with E-state index < -0.39 is 40.6 Å². The van der Waals surface area contributed by atoms with Crippen molar-refractivity contribution >= 4 is 68.0 Å². The number of benzene rings is 6.